The Morgan fingerprint density at radius 3 is 2.15 bits per heavy atom. The summed E-state index contributed by atoms with van der Waals surface area (Å²) in [6, 6.07) is 11.7. The number of carbonyl (C=O) groups is 1. The van der Waals surface area contributed by atoms with E-state index in [9.17, 15) is 21.6 Å². The summed E-state index contributed by atoms with van der Waals surface area (Å²) in [7, 11) is -7.37. The van der Waals surface area contributed by atoms with Gasteiger partial charge in [-0.2, -0.15) is 0 Å². The maximum atomic E-state index is 12.4. The molecule has 0 heterocycles. The van der Waals surface area contributed by atoms with Crippen molar-refractivity contribution < 1.29 is 21.6 Å². The quantitative estimate of drug-likeness (QED) is 0.734. The van der Waals surface area contributed by atoms with Gasteiger partial charge in [-0.15, -0.1) is 0 Å². The van der Waals surface area contributed by atoms with Gasteiger partial charge in [0.1, 0.15) is 0 Å². The van der Waals surface area contributed by atoms with Crippen LogP contribution < -0.4 is 10.0 Å². The Morgan fingerprint density at radius 1 is 0.962 bits per heavy atom. The molecule has 140 valence electrons. The highest BCUT2D eigenvalue weighted by Gasteiger charge is 2.17. The summed E-state index contributed by atoms with van der Waals surface area (Å²) in [6.07, 6.45) is 1.02. The van der Waals surface area contributed by atoms with Gasteiger partial charge in [0, 0.05) is 24.9 Å². The van der Waals surface area contributed by atoms with Gasteiger partial charge >= 0.3 is 0 Å². The molecule has 26 heavy (non-hydrogen) atoms. The van der Waals surface area contributed by atoms with Crippen molar-refractivity contribution in [3.63, 3.8) is 0 Å². The van der Waals surface area contributed by atoms with Crippen molar-refractivity contribution in [2.75, 3.05) is 12.8 Å². The highest BCUT2D eigenvalue weighted by molar-refractivity contribution is 7.91. The van der Waals surface area contributed by atoms with E-state index in [0.29, 0.717) is 17.7 Å². The van der Waals surface area contributed by atoms with Crippen molar-refractivity contribution in [2.45, 2.75) is 23.3 Å². The molecular weight excluding hydrogens is 376 g/mol. The summed E-state index contributed by atoms with van der Waals surface area (Å²) < 4.78 is 50.3. The fourth-order valence-corrected chi connectivity index (χ4v) is 3.97. The molecule has 2 N–H and O–H groups in total. The zero-order valence-electron chi connectivity index (χ0n) is 14.4. The first-order chi connectivity index (χ1) is 12.1. The number of sulfonamides is 1. The van der Waals surface area contributed by atoms with Crippen molar-refractivity contribution in [3.8, 4) is 0 Å². The minimum absolute atomic E-state index is 0.0150. The topological polar surface area (TPSA) is 109 Å². The van der Waals surface area contributed by atoms with Crippen LogP contribution in [0.15, 0.2) is 58.3 Å². The smallest absolute Gasteiger partial charge is 0.251 e. The number of hydrogen-bond donors (Lipinski definition) is 2. The number of rotatable bonds is 7. The Morgan fingerprint density at radius 2 is 1.58 bits per heavy atom. The molecule has 7 nitrogen and oxygen atoms in total. The van der Waals surface area contributed by atoms with Gasteiger partial charge in [0.25, 0.3) is 5.91 Å². The van der Waals surface area contributed by atoms with Crippen LogP contribution in [-0.2, 0) is 26.4 Å². The number of nitrogens with one attached hydrogen (secondary N) is 2. The Hall–Kier alpha value is -2.23. The van der Waals surface area contributed by atoms with Gasteiger partial charge in [0.2, 0.25) is 10.0 Å². The fourth-order valence-electron chi connectivity index (χ4n) is 2.17. The molecule has 0 saturated carbocycles. The SMILES string of the molecule is CCNC(=O)c1ccc(CNS(=O)(=O)c2cccc(S(C)(=O)=O)c2)cc1. The van der Waals surface area contributed by atoms with Crippen LogP contribution >= 0.6 is 0 Å². The third kappa shape index (κ3) is 5.13. The molecule has 0 unspecified atom stereocenters. The number of amides is 1. The molecule has 0 radical (unpaired) electrons. The first-order valence-corrected chi connectivity index (χ1v) is 11.2. The monoisotopic (exact) mass is 396 g/mol. The highest BCUT2D eigenvalue weighted by Crippen LogP contribution is 2.16. The molecule has 1 amide bonds. The summed E-state index contributed by atoms with van der Waals surface area (Å²) in [5.41, 5.74) is 1.15. The van der Waals surface area contributed by atoms with Gasteiger partial charge in [0.05, 0.1) is 9.79 Å². The van der Waals surface area contributed by atoms with Crippen molar-refractivity contribution in [1.82, 2.24) is 10.0 Å². The van der Waals surface area contributed by atoms with Crippen molar-refractivity contribution in [2.24, 2.45) is 0 Å². The Labute approximate surface area is 153 Å². The molecule has 2 rings (SSSR count). The van der Waals surface area contributed by atoms with E-state index in [1.165, 1.54) is 18.2 Å². The maximum Gasteiger partial charge on any atom is 0.251 e. The van der Waals surface area contributed by atoms with Crippen LogP contribution in [0.1, 0.15) is 22.8 Å². The number of benzene rings is 2. The highest BCUT2D eigenvalue weighted by atomic mass is 32.2. The normalized spacial score (nSPS) is 11.9. The van der Waals surface area contributed by atoms with Gasteiger partial charge in [-0.25, -0.2) is 21.6 Å². The standard InChI is InChI=1S/C17H20N2O5S2/c1-3-18-17(20)14-9-7-13(8-10-14)12-19-26(23,24)16-6-4-5-15(11-16)25(2,21)22/h4-11,19H,3,12H2,1-2H3,(H,18,20). The van der Waals surface area contributed by atoms with Crippen LogP contribution in [0.25, 0.3) is 0 Å². The molecule has 0 fully saturated rings. The lowest BCUT2D eigenvalue weighted by atomic mass is 10.1. The molecule has 0 bridgehead atoms. The van der Waals surface area contributed by atoms with Gasteiger partial charge in [-0.05, 0) is 42.8 Å². The first kappa shape index (κ1) is 20.1. The summed E-state index contributed by atoms with van der Waals surface area (Å²) in [5, 5.41) is 2.68. The number of sulfone groups is 1. The van der Waals surface area contributed by atoms with E-state index in [4.69, 9.17) is 0 Å². The van der Waals surface area contributed by atoms with Crippen LogP contribution in [0.4, 0.5) is 0 Å². The molecular formula is C17H20N2O5S2. The van der Waals surface area contributed by atoms with Crippen LogP contribution in [0.2, 0.25) is 0 Å². The minimum atomic E-state index is -3.87. The van der Waals surface area contributed by atoms with Crippen LogP contribution in [0.5, 0.6) is 0 Å². The van der Waals surface area contributed by atoms with Crippen molar-refractivity contribution in [1.29, 1.82) is 0 Å². The molecule has 0 atom stereocenters. The molecule has 0 aliphatic rings. The Kier molecular flexibility index (Phi) is 6.17. The van der Waals surface area contributed by atoms with E-state index < -0.39 is 19.9 Å². The van der Waals surface area contributed by atoms with Crippen molar-refractivity contribution >= 4 is 25.8 Å². The fraction of sp³-hybridized carbons (Fsp3) is 0.235. The van der Waals surface area contributed by atoms with Crippen LogP contribution in [0, 0.1) is 0 Å². The third-order valence-corrected chi connectivity index (χ3v) is 6.07. The van der Waals surface area contributed by atoms with E-state index >= 15 is 0 Å². The summed E-state index contributed by atoms with van der Waals surface area (Å²) >= 11 is 0. The van der Waals surface area contributed by atoms with Gasteiger partial charge in [0.15, 0.2) is 9.84 Å². The first-order valence-electron chi connectivity index (χ1n) is 7.80. The summed E-state index contributed by atoms with van der Waals surface area (Å²) in [5.74, 6) is -0.197. The van der Waals surface area contributed by atoms with E-state index in [2.05, 4.69) is 10.0 Å². The van der Waals surface area contributed by atoms with E-state index in [0.717, 1.165) is 12.3 Å². The van der Waals surface area contributed by atoms with Crippen molar-refractivity contribution in [3.05, 3.63) is 59.7 Å². The maximum absolute atomic E-state index is 12.4. The molecule has 2 aromatic carbocycles. The van der Waals surface area contributed by atoms with Gasteiger partial charge in [-0.3, -0.25) is 4.79 Å². The molecule has 9 heteroatoms. The Bertz CT molecular complexity index is 998. The third-order valence-electron chi connectivity index (χ3n) is 3.56. The van der Waals surface area contributed by atoms with E-state index in [1.54, 1.807) is 24.3 Å². The summed E-state index contributed by atoms with van der Waals surface area (Å²) in [4.78, 5) is 11.5. The lowest BCUT2D eigenvalue weighted by Gasteiger charge is -2.09. The molecule has 2 aromatic rings. The van der Waals surface area contributed by atoms with E-state index in [-0.39, 0.29) is 22.2 Å². The minimum Gasteiger partial charge on any atom is -0.352 e. The average Bonchev–Trinajstić information content (AvgIpc) is 2.60. The molecule has 0 aliphatic heterocycles. The second-order valence-electron chi connectivity index (χ2n) is 5.63. The van der Waals surface area contributed by atoms with Crippen LogP contribution in [0.3, 0.4) is 0 Å². The predicted octanol–water partition coefficient (Wildman–Crippen LogP) is 1.32. The molecule has 0 aromatic heterocycles. The lowest BCUT2D eigenvalue weighted by Crippen LogP contribution is -2.24. The lowest BCUT2D eigenvalue weighted by molar-refractivity contribution is 0.0956. The zero-order chi connectivity index (χ0) is 19.4. The zero-order valence-corrected chi connectivity index (χ0v) is 16.0. The van der Waals surface area contributed by atoms with Crippen LogP contribution in [-0.4, -0.2) is 35.5 Å². The molecule has 0 aliphatic carbocycles. The second kappa shape index (κ2) is 7.98. The van der Waals surface area contributed by atoms with Gasteiger partial charge < -0.3 is 5.32 Å². The largest absolute Gasteiger partial charge is 0.352 e. The van der Waals surface area contributed by atoms with E-state index in [1.807, 2.05) is 6.92 Å². The molecule has 0 spiro atoms. The van der Waals surface area contributed by atoms with Gasteiger partial charge in [-0.1, -0.05) is 18.2 Å². The number of carbonyl (C=O) groups excluding carboxylic acids is 1. The Balaban J connectivity index is 2.12. The molecule has 0 saturated heterocycles. The average molecular weight is 396 g/mol. The summed E-state index contributed by atoms with van der Waals surface area (Å²) in [6.45, 7) is 2.36. The predicted molar refractivity (Wildman–Crippen MR) is 98.0 cm³/mol. The number of hydrogen-bond acceptors (Lipinski definition) is 5. The second-order valence-corrected chi connectivity index (χ2v) is 9.41.